The summed E-state index contributed by atoms with van der Waals surface area (Å²) in [7, 11) is 1.59. The Morgan fingerprint density at radius 1 is 1.00 bits per heavy atom. The molecule has 0 heterocycles. The third-order valence-electron chi connectivity index (χ3n) is 3.36. The van der Waals surface area contributed by atoms with Gasteiger partial charge >= 0.3 is 0 Å². The van der Waals surface area contributed by atoms with Crippen LogP contribution in [0.5, 0.6) is 17.2 Å². The van der Waals surface area contributed by atoms with Gasteiger partial charge in [0.25, 0.3) is 0 Å². The van der Waals surface area contributed by atoms with E-state index in [1.807, 2.05) is 26.0 Å². The lowest BCUT2D eigenvalue weighted by Crippen LogP contribution is -2.10. The minimum Gasteiger partial charge on any atom is -0.497 e. The van der Waals surface area contributed by atoms with Gasteiger partial charge in [-0.3, -0.25) is 0 Å². The number of oxime groups is 1. The molecule has 2 aromatic carbocycles. The molecule has 1 N–H and O–H groups in total. The molecule has 0 saturated carbocycles. The second kappa shape index (κ2) is 8.08. The van der Waals surface area contributed by atoms with Crippen LogP contribution < -0.4 is 14.2 Å². The van der Waals surface area contributed by atoms with Crippen molar-refractivity contribution in [1.29, 1.82) is 0 Å². The van der Waals surface area contributed by atoms with Gasteiger partial charge in [-0.15, -0.1) is 0 Å². The third kappa shape index (κ3) is 4.64. The molecular formula is C18H21NO4. The average Bonchev–Trinajstić information content (AvgIpc) is 2.56. The van der Waals surface area contributed by atoms with E-state index in [4.69, 9.17) is 19.4 Å². The number of ether oxygens (including phenoxy) is 3. The summed E-state index contributed by atoms with van der Waals surface area (Å²) in [5, 5.41) is 11.7. The van der Waals surface area contributed by atoms with Gasteiger partial charge in [0.15, 0.2) is 0 Å². The van der Waals surface area contributed by atoms with Crippen LogP contribution in [0.1, 0.15) is 16.7 Å². The molecule has 0 amide bonds. The van der Waals surface area contributed by atoms with Gasteiger partial charge in [0.05, 0.1) is 13.3 Å². The predicted octanol–water partition coefficient (Wildman–Crippen LogP) is 3.58. The normalized spacial score (nSPS) is 10.7. The van der Waals surface area contributed by atoms with Crippen molar-refractivity contribution in [3.05, 3.63) is 53.1 Å². The minimum absolute atomic E-state index is 0.368. The first-order chi connectivity index (χ1) is 11.1. The van der Waals surface area contributed by atoms with Gasteiger partial charge in [-0.05, 0) is 43.2 Å². The number of nitrogens with zero attached hydrogens (tertiary/aromatic N) is 1. The van der Waals surface area contributed by atoms with Crippen LogP contribution in [0.3, 0.4) is 0 Å². The zero-order valence-electron chi connectivity index (χ0n) is 13.6. The summed E-state index contributed by atoms with van der Waals surface area (Å²) in [6.45, 7) is 4.82. The number of hydrogen-bond acceptors (Lipinski definition) is 5. The summed E-state index contributed by atoms with van der Waals surface area (Å²) in [6.07, 6.45) is 1.32. The Morgan fingerprint density at radius 3 is 2.43 bits per heavy atom. The molecule has 0 aliphatic heterocycles. The first-order valence-corrected chi connectivity index (χ1v) is 7.32. The van der Waals surface area contributed by atoms with Crippen LogP contribution in [0.2, 0.25) is 0 Å². The monoisotopic (exact) mass is 315 g/mol. The molecule has 0 atom stereocenters. The summed E-state index contributed by atoms with van der Waals surface area (Å²) < 4.78 is 16.6. The Labute approximate surface area is 136 Å². The van der Waals surface area contributed by atoms with Gasteiger partial charge in [0.1, 0.15) is 30.5 Å². The summed E-state index contributed by atoms with van der Waals surface area (Å²) in [5.41, 5.74) is 2.91. The van der Waals surface area contributed by atoms with E-state index in [0.717, 1.165) is 16.9 Å². The molecule has 0 spiro atoms. The molecule has 0 aliphatic carbocycles. The predicted molar refractivity (Wildman–Crippen MR) is 89.3 cm³/mol. The van der Waals surface area contributed by atoms with Crippen molar-refractivity contribution >= 4 is 6.21 Å². The van der Waals surface area contributed by atoms with Crippen molar-refractivity contribution in [3.63, 3.8) is 0 Å². The van der Waals surface area contributed by atoms with Crippen LogP contribution in [0.4, 0.5) is 0 Å². The van der Waals surface area contributed by atoms with E-state index in [1.54, 1.807) is 25.3 Å². The Bertz CT molecular complexity index is 683. The minimum atomic E-state index is 0.368. The van der Waals surface area contributed by atoms with Crippen LogP contribution in [0.25, 0.3) is 0 Å². The summed E-state index contributed by atoms with van der Waals surface area (Å²) in [6, 6.07) is 11.4. The second-order valence-electron chi connectivity index (χ2n) is 5.11. The first kappa shape index (κ1) is 16.7. The van der Waals surface area contributed by atoms with Gasteiger partial charge in [0, 0.05) is 11.6 Å². The molecule has 23 heavy (non-hydrogen) atoms. The van der Waals surface area contributed by atoms with Gasteiger partial charge in [0.2, 0.25) is 0 Å². The molecule has 0 unspecified atom stereocenters. The van der Waals surface area contributed by atoms with E-state index in [0.29, 0.717) is 30.3 Å². The maximum Gasteiger partial charge on any atom is 0.132 e. The molecular weight excluding hydrogens is 294 g/mol. The van der Waals surface area contributed by atoms with Crippen molar-refractivity contribution in [3.8, 4) is 17.2 Å². The molecule has 0 bridgehead atoms. The summed E-state index contributed by atoms with van der Waals surface area (Å²) >= 11 is 0. The molecule has 0 aliphatic rings. The largest absolute Gasteiger partial charge is 0.497 e. The van der Waals surface area contributed by atoms with Crippen molar-refractivity contribution in [2.24, 2.45) is 5.16 Å². The lowest BCUT2D eigenvalue weighted by atomic mass is 10.1. The lowest BCUT2D eigenvalue weighted by Gasteiger charge is -2.13. The number of aryl methyl sites for hydroxylation is 2. The van der Waals surface area contributed by atoms with E-state index in [9.17, 15) is 0 Å². The number of rotatable bonds is 7. The first-order valence-electron chi connectivity index (χ1n) is 7.32. The van der Waals surface area contributed by atoms with Crippen molar-refractivity contribution in [2.75, 3.05) is 20.3 Å². The van der Waals surface area contributed by atoms with Crippen LogP contribution >= 0.6 is 0 Å². The topological polar surface area (TPSA) is 60.3 Å². The van der Waals surface area contributed by atoms with Crippen molar-refractivity contribution < 1.29 is 19.4 Å². The Morgan fingerprint density at radius 2 is 1.74 bits per heavy atom. The quantitative estimate of drug-likeness (QED) is 0.367. The second-order valence-corrected chi connectivity index (χ2v) is 5.11. The van der Waals surface area contributed by atoms with Crippen LogP contribution in [0, 0.1) is 13.8 Å². The third-order valence-corrected chi connectivity index (χ3v) is 3.36. The zero-order valence-corrected chi connectivity index (χ0v) is 13.6. The Hall–Kier alpha value is -2.69. The summed E-state index contributed by atoms with van der Waals surface area (Å²) in [4.78, 5) is 0. The highest BCUT2D eigenvalue weighted by Crippen LogP contribution is 2.24. The van der Waals surface area contributed by atoms with Gasteiger partial charge in [-0.25, -0.2) is 0 Å². The fraction of sp³-hybridized carbons (Fsp3) is 0.278. The highest BCUT2D eigenvalue weighted by Gasteiger charge is 2.05. The highest BCUT2D eigenvalue weighted by atomic mass is 16.5. The maximum atomic E-state index is 8.71. The zero-order chi connectivity index (χ0) is 16.7. The molecule has 5 nitrogen and oxygen atoms in total. The van der Waals surface area contributed by atoms with E-state index >= 15 is 0 Å². The fourth-order valence-corrected chi connectivity index (χ4v) is 2.10. The maximum absolute atomic E-state index is 8.71. The molecule has 5 heteroatoms. The molecule has 122 valence electrons. The molecule has 0 aromatic heterocycles. The van der Waals surface area contributed by atoms with Crippen LogP contribution in [0.15, 0.2) is 41.6 Å². The average molecular weight is 315 g/mol. The molecule has 2 rings (SSSR count). The molecule has 0 saturated heterocycles. The smallest absolute Gasteiger partial charge is 0.132 e. The number of benzene rings is 2. The highest BCUT2D eigenvalue weighted by molar-refractivity contribution is 5.83. The summed E-state index contributed by atoms with van der Waals surface area (Å²) in [5.74, 6) is 2.11. The van der Waals surface area contributed by atoms with Crippen LogP contribution in [-0.2, 0) is 0 Å². The van der Waals surface area contributed by atoms with Crippen molar-refractivity contribution in [1.82, 2.24) is 0 Å². The molecule has 0 fully saturated rings. The van der Waals surface area contributed by atoms with Gasteiger partial charge < -0.3 is 19.4 Å². The molecule has 2 aromatic rings. The van der Waals surface area contributed by atoms with E-state index in [1.165, 1.54) is 6.21 Å². The van der Waals surface area contributed by atoms with E-state index in [2.05, 4.69) is 11.2 Å². The Kier molecular flexibility index (Phi) is 5.86. The van der Waals surface area contributed by atoms with Gasteiger partial charge in [-0.1, -0.05) is 17.3 Å². The lowest BCUT2D eigenvalue weighted by molar-refractivity contribution is 0.215. The van der Waals surface area contributed by atoms with Crippen molar-refractivity contribution in [2.45, 2.75) is 13.8 Å². The van der Waals surface area contributed by atoms with E-state index in [-0.39, 0.29) is 0 Å². The van der Waals surface area contributed by atoms with E-state index < -0.39 is 0 Å². The standard InChI is InChI=1S/C18H21NO4/c1-13-4-5-14(2)17(10-13)22-8-9-23-18-11-16(21-3)7-6-15(18)12-19-20/h4-7,10-12,20H,8-9H2,1-3H3. The van der Waals surface area contributed by atoms with Crippen LogP contribution in [-0.4, -0.2) is 31.7 Å². The Balaban J connectivity index is 1.96. The fourth-order valence-electron chi connectivity index (χ4n) is 2.10. The molecule has 0 radical (unpaired) electrons. The SMILES string of the molecule is COc1ccc(C=NO)c(OCCOc2cc(C)ccc2C)c1. The van der Waals surface area contributed by atoms with Gasteiger partial charge in [-0.2, -0.15) is 0 Å². The number of hydrogen-bond donors (Lipinski definition) is 1. The number of methoxy groups -OCH3 is 1.